The molecular weight excluding hydrogens is 244 g/mol. The first kappa shape index (κ1) is 13.4. The maximum atomic E-state index is 12.4. The molecule has 102 valence electrons. The van der Waals surface area contributed by atoms with Crippen molar-refractivity contribution in [3.05, 3.63) is 18.2 Å². The number of ether oxygens (including phenoxy) is 1. The highest BCUT2D eigenvalue weighted by Gasteiger charge is 2.44. The molecule has 0 fully saturated rings. The molecule has 2 rings (SSSR count). The van der Waals surface area contributed by atoms with Gasteiger partial charge in [0.15, 0.2) is 0 Å². The second-order valence-electron chi connectivity index (χ2n) is 5.21. The number of methoxy groups -OCH3 is 1. The highest BCUT2D eigenvalue weighted by atomic mass is 16.5. The van der Waals surface area contributed by atoms with Crippen LogP contribution in [0.15, 0.2) is 18.2 Å². The van der Waals surface area contributed by atoms with E-state index in [0.717, 1.165) is 0 Å². The molecule has 0 saturated carbocycles. The summed E-state index contributed by atoms with van der Waals surface area (Å²) in [5.41, 5.74) is 0.299. The maximum absolute atomic E-state index is 12.4. The summed E-state index contributed by atoms with van der Waals surface area (Å²) in [5, 5.41) is 0. The summed E-state index contributed by atoms with van der Waals surface area (Å²) >= 11 is 0. The van der Waals surface area contributed by atoms with Crippen molar-refractivity contribution in [2.75, 3.05) is 31.0 Å². The Bertz CT molecular complexity index is 552. The number of rotatable bonds is 1. The number of carbonyl (C=O) groups is 2. The average Bonchev–Trinajstić information content (AvgIpc) is 2.46. The Morgan fingerprint density at radius 2 is 1.53 bits per heavy atom. The third kappa shape index (κ3) is 1.85. The summed E-state index contributed by atoms with van der Waals surface area (Å²) in [7, 11) is 4.93. The van der Waals surface area contributed by atoms with Crippen LogP contribution in [0.25, 0.3) is 0 Å². The quantitative estimate of drug-likeness (QED) is 0.723. The summed E-state index contributed by atoms with van der Waals surface area (Å²) in [4.78, 5) is 27.8. The molecule has 0 spiro atoms. The van der Waals surface area contributed by atoms with Gasteiger partial charge in [-0.3, -0.25) is 9.59 Å². The fourth-order valence-electron chi connectivity index (χ4n) is 2.33. The molecular formula is C14H18N2O3. The van der Waals surface area contributed by atoms with Crippen LogP contribution in [0.2, 0.25) is 0 Å². The molecule has 0 saturated heterocycles. The molecule has 5 heteroatoms. The van der Waals surface area contributed by atoms with Crippen molar-refractivity contribution in [1.29, 1.82) is 0 Å². The minimum absolute atomic E-state index is 0.215. The van der Waals surface area contributed by atoms with Crippen molar-refractivity contribution in [3.63, 3.8) is 0 Å². The summed E-state index contributed by atoms with van der Waals surface area (Å²) in [5.74, 6) is 0.212. The van der Waals surface area contributed by atoms with E-state index in [1.165, 1.54) is 9.80 Å². The van der Waals surface area contributed by atoms with Crippen molar-refractivity contribution in [1.82, 2.24) is 0 Å². The molecule has 1 heterocycles. The Morgan fingerprint density at radius 1 is 1.00 bits per heavy atom. The van der Waals surface area contributed by atoms with Gasteiger partial charge in [0.25, 0.3) is 0 Å². The van der Waals surface area contributed by atoms with Gasteiger partial charge in [-0.1, -0.05) is 0 Å². The molecule has 0 N–H and O–H groups in total. The van der Waals surface area contributed by atoms with E-state index in [1.807, 2.05) is 0 Å². The molecule has 1 aromatic rings. The topological polar surface area (TPSA) is 49.9 Å². The van der Waals surface area contributed by atoms with Crippen LogP contribution in [0.1, 0.15) is 13.8 Å². The predicted molar refractivity (Wildman–Crippen MR) is 73.6 cm³/mol. The van der Waals surface area contributed by atoms with E-state index in [2.05, 4.69) is 0 Å². The summed E-state index contributed by atoms with van der Waals surface area (Å²) in [6, 6.07) is 5.33. The van der Waals surface area contributed by atoms with Crippen LogP contribution in [0, 0.1) is 5.41 Å². The van der Waals surface area contributed by atoms with Crippen molar-refractivity contribution in [3.8, 4) is 5.75 Å². The summed E-state index contributed by atoms with van der Waals surface area (Å²) in [6.07, 6.45) is 0. The lowest BCUT2D eigenvalue weighted by Crippen LogP contribution is -2.46. The Labute approximate surface area is 112 Å². The fraction of sp³-hybridized carbons (Fsp3) is 0.429. The molecule has 0 radical (unpaired) electrons. The Balaban J connectivity index is 2.66. The van der Waals surface area contributed by atoms with E-state index in [1.54, 1.807) is 53.3 Å². The zero-order chi connectivity index (χ0) is 14.4. The van der Waals surface area contributed by atoms with Crippen LogP contribution >= 0.6 is 0 Å². The van der Waals surface area contributed by atoms with Gasteiger partial charge >= 0.3 is 0 Å². The summed E-state index contributed by atoms with van der Waals surface area (Å²) < 4.78 is 5.18. The van der Waals surface area contributed by atoms with Crippen molar-refractivity contribution >= 4 is 23.2 Å². The van der Waals surface area contributed by atoms with E-state index >= 15 is 0 Å². The Hall–Kier alpha value is -2.04. The zero-order valence-corrected chi connectivity index (χ0v) is 11.9. The first-order chi connectivity index (χ1) is 8.80. The van der Waals surface area contributed by atoms with E-state index in [4.69, 9.17) is 4.74 Å². The lowest BCUT2D eigenvalue weighted by Gasteiger charge is -2.25. The number of anilines is 2. The first-order valence-electron chi connectivity index (χ1n) is 6.05. The molecule has 1 aromatic carbocycles. The SMILES string of the molecule is COc1ccc2c(c1)N(C)C(=O)C(C)(C)C(=O)N2C. The molecule has 5 nitrogen and oxygen atoms in total. The molecule has 1 aliphatic rings. The van der Waals surface area contributed by atoms with Gasteiger partial charge in [0, 0.05) is 20.2 Å². The van der Waals surface area contributed by atoms with Crippen LogP contribution in [0.5, 0.6) is 5.75 Å². The number of hydrogen-bond acceptors (Lipinski definition) is 3. The van der Waals surface area contributed by atoms with Crippen LogP contribution in [0.3, 0.4) is 0 Å². The normalized spacial score (nSPS) is 18.2. The van der Waals surface area contributed by atoms with Gasteiger partial charge < -0.3 is 14.5 Å². The lowest BCUT2D eigenvalue weighted by atomic mass is 9.90. The van der Waals surface area contributed by atoms with Crippen molar-refractivity contribution in [2.24, 2.45) is 5.41 Å². The minimum Gasteiger partial charge on any atom is -0.497 e. The number of nitrogens with zero attached hydrogens (tertiary/aromatic N) is 2. The predicted octanol–water partition coefficient (Wildman–Crippen LogP) is 1.66. The zero-order valence-electron chi connectivity index (χ0n) is 11.9. The number of hydrogen-bond donors (Lipinski definition) is 0. The average molecular weight is 262 g/mol. The van der Waals surface area contributed by atoms with Gasteiger partial charge in [0.05, 0.1) is 18.5 Å². The van der Waals surface area contributed by atoms with Crippen LogP contribution < -0.4 is 14.5 Å². The third-order valence-electron chi connectivity index (χ3n) is 3.58. The van der Waals surface area contributed by atoms with E-state index in [0.29, 0.717) is 17.1 Å². The number of fused-ring (bicyclic) bond motifs is 1. The second kappa shape index (κ2) is 4.26. The maximum Gasteiger partial charge on any atom is 0.241 e. The van der Waals surface area contributed by atoms with Gasteiger partial charge in [-0.05, 0) is 26.0 Å². The van der Waals surface area contributed by atoms with Crippen molar-refractivity contribution in [2.45, 2.75) is 13.8 Å². The molecule has 2 amide bonds. The largest absolute Gasteiger partial charge is 0.497 e. The highest BCUT2D eigenvalue weighted by Crippen LogP contribution is 2.39. The van der Waals surface area contributed by atoms with E-state index < -0.39 is 5.41 Å². The standard InChI is InChI=1S/C14H18N2O3/c1-14(2)12(17)15(3)10-7-6-9(19-5)8-11(10)16(4)13(14)18/h6-8H,1-5H3. The van der Waals surface area contributed by atoms with Gasteiger partial charge in [0.2, 0.25) is 11.8 Å². The molecule has 0 atom stereocenters. The van der Waals surface area contributed by atoms with E-state index in [-0.39, 0.29) is 11.8 Å². The Kier molecular flexibility index (Phi) is 3.00. The smallest absolute Gasteiger partial charge is 0.241 e. The van der Waals surface area contributed by atoms with Gasteiger partial charge in [-0.25, -0.2) is 0 Å². The molecule has 0 aliphatic carbocycles. The Morgan fingerprint density at radius 3 is 2.05 bits per heavy atom. The molecule has 0 aromatic heterocycles. The monoisotopic (exact) mass is 262 g/mol. The van der Waals surface area contributed by atoms with Crippen LogP contribution in [0.4, 0.5) is 11.4 Å². The van der Waals surface area contributed by atoms with Gasteiger partial charge in [-0.15, -0.1) is 0 Å². The minimum atomic E-state index is -1.07. The second-order valence-corrected chi connectivity index (χ2v) is 5.21. The first-order valence-corrected chi connectivity index (χ1v) is 6.05. The van der Waals surface area contributed by atoms with Crippen molar-refractivity contribution < 1.29 is 14.3 Å². The molecule has 1 aliphatic heterocycles. The lowest BCUT2D eigenvalue weighted by molar-refractivity contribution is -0.137. The van der Waals surface area contributed by atoms with Gasteiger partial charge in [-0.2, -0.15) is 0 Å². The molecule has 0 bridgehead atoms. The number of amides is 2. The number of carbonyl (C=O) groups excluding carboxylic acids is 2. The van der Waals surface area contributed by atoms with Gasteiger partial charge in [0.1, 0.15) is 11.2 Å². The fourth-order valence-corrected chi connectivity index (χ4v) is 2.33. The molecule has 19 heavy (non-hydrogen) atoms. The van der Waals surface area contributed by atoms with Crippen LogP contribution in [-0.4, -0.2) is 33.0 Å². The third-order valence-corrected chi connectivity index (χ3v) is 3.58. The van der Waals surface area contributed by atoms with E-state index in [9.17, 15) is 9.59 Å². The summed E-state index contributed by atoms with van der Waals surface area (Å²) in [6.45, 7) is 3.29. The number of benzene rings is 1. The highest BCUT2D eigenvalue weighted by molar-refractivity contribution is 6.19. The van der Waals surface area contributed by atoms with Crippen LogP contribution in [-0.2, 0) is 9.59 Å². The molecule has 0 unspecified atom stereocenters.